The van der Waals surface area contributed by atoms with E-state index in [-0.39, 0.29) is 11.5 Å². The van der Waals surface area contributed by atoms with E-state index in [4.69, 9.17) is 5.10 Å². The maximum Gasteiger partial charge on any atom is 0.280 e. The lowest BCUT2D eigenvalue weighted by molar-refractivity contribution is -0.119. The van der Waals surface area contributed by atoms with Crippen LogP contribution in [0.3, 0.4) is 0 Å². The lowest BCUT2D eigenvalue weighted by Gasteiger charge is -2.16. The molecule has 0 radical (unpaired) electrons. The maximum atomic E-state index is 13.8. The standard InChI is InChI=1S/C27H26N6O2/c1-17-12-13-18(2)22(16-17)28-25(34)20(4)32-27(35)23-24(19(3)29-32)30-33(21-10-6-5-7-11-21)26(23)31-14-8-9-15-31/h5-16,20H,1-4H3,(H,28,34)/t20-/m1/s1. The summed E-state index contributed by atoms with van der Waals surface area (Å²) in [6.07, 6.45) is 3.73. The number of carbonyl (C=O) groups excluding carboxylic acids is 1. The Labute approximate surface area is 202 Å². The molecule has 0 fully saturated rings. The van der Waals surface area contributed by atoms with Crippen molar-refractivity contribution in [1.82, 2.24) is 24.1 Å². The van der Waals surface area contributed by atoms with Gasteiger partial charge in [-0.25, -0.2) is 9.36 Å². The lowest BCUT2D eigenvalue weighted by atomic mass is 10.1. The van der Waals surface area contributed by atoms with Gasteiger partial charge in [-0.1, -0.05) is 30.3 Å². The summed E-state index contributed by atoms with van der Waals surface area (Å²) in [5.41, 5.74) is 4.21. The van der Waals surface area contributed by atoms with Gasteiger partial charge in [-0.05, 0) is 69.2 Å². The van der Waals surface area contributed by atoms with Crippen LogP contribution in [0.5, 0.6) is 0 Å². The number of fused-ring (bicyclic) bond motifs is 1. The fraction of sp³-hybridized carbons (Fsp3) is 0.185. The summed E-state index contributed by atoms with van der Waals surface area (Å²) in [6.45, 7) is 7.38. The van der Waals surface area contributed by atoms with Crippen molar-refractivity contribution in [2.75, 3.05) is 5.32 Å². The second-order valence-electron chi connectivity index (χ2n) is 8.70. The first-order chi connectivity index (χ1) is 16.8. The van der Waals surface area contributed by atoms with Gasteiger partial charge < -0.3 is 9.88 Å². The molecule has 0 aliphatic carbocycles. The molecule has 3 heterocycles. The summed E-state index contributed by atoms with van der Waals surface area (Å²) in [6, 6.07) is 18.4. The summed E-state index contributed by atoms with van der Waals surface area (Å²) in [5, 5.41) is 12.6. The Morgan fingerprint density at radius 2 is 1.66 bits per heavy atom. The quantitative estimate of drug-likeness (QED) is 0.413. The molecule has 0 aliphatic heterocycles. The minimum atomic E-state index is -0.830. The van der Waals surface area contributed by atoms with Crippen LogP contribution in [0.2, 0.25) is 0 Å². The highest BCUT2D eigenvalue weighted by atomic mass is 16.2. The van der Waals surface area contributed by atoms with E-state index in [0.717, 1.165) is 22.5 Å². The molecule has 176 valence electrons. The molecule has 0 spiro atoms. The van der Waals surface area contributed by atoms with Crippen molar-refractivity contribution in [2.45, 2.75) is 33.7 Å². The largest absolute Gasteiger partial charge is 0.324 e. The van der Waals surface area contributed by atoms with Crippen molar-refractivity contribution >= 4 is 22.5 Å². The topological polar surface area (TPSA) is 86.7 Å². The number of benzene rings is 2. The van der Waals surface area contributed by atoms with Crippen molar-refractivity contribution in [1.29, 1.82) is 0 Å². The number of aryl methyl sites for hydroxylation is 3. The van der Waals surface area contributed by atoms with Gasteiger partial charge in [0.2, 0.25) is 5.91 Å². The predicted octanol–water partition coefficient (Wildman–Crippen LogP) is 4.50. The fourth-order valence-corrected chi connectivity index (χ4v) is 4.17. The minimum absolute atomic E-state index is 0.315. The zero-order valence-corrected chi connectivity index (χ0v) is 20.1. The lowest BCUT2D eigenvalue weighted by Crippen LogP contribution is -2.34. The first-order valence-corrected chi connectivity index (χ1v) is 11.4. The molecule has 8 nitrogen and oxygen atoms in total. The third-order valence-electron chi connectivity index (χ3n) is 6.13. The number of nitrogens with one attached hydrogen (secondary N) is 1. The van der Waals surface area contributed by atoms with Crippen LogP contribution in [0.4, 0.5) is 5.69 Å². The molecule has 8 heteroatoms. The fourth-order valence-electron chi connectivity index (χ4n) is 4.17. The average molecular weight is 467 g/mol. The van der Waals surface area contributed by atoms with Crippen LogP contribution in [0.25, 0.3) is 22.4 Å². The summed E-state index contributed by atoms with van der Waals surface area (Å²) < 4.78 is 4.85. The highest BCUT2D eigenvalue weighted by Gasteiger charge is 2.25. The molecule has 5 aromatic rings. The monoisotopic (exact) mass is 466 g/mol. The Bertz CT molecular complexity index is 1600. The number of rotatable bonds is 5. The molecule has 0 saturated carbocycles. The number of hydrogen-bond donors (Lipinski definition) is 1. The van der Waals surface area contributed by atoms with Crippen LogP contribution < -0.4 is 10.9 Å². The van der Waals surface area contributed by atoms with Crippen molar-refractivity contribution in [3.63, 3.8) is 0 Å². The molecule has 1 N–H and O–H groups in total. The van der Waals surface area contributed by atoms with Crippen LogP contribution in [-0.4, -0.2) is 30.0 Å². The molecule has 1 amide bonds. The molecular formula is C27H26N6O2. The van der Waals surface area contributed by atoms with E-state index in [1.54, 1.807) is 18.5 Å². The molecule has 3 aromatic heterocycles. The summed E-state index contributed by atoms with van der Waals surface area (Å²) in [7, 11) is 0. The number of para-hydroxylation sites is 1. The van der Waals surface area contributed by atoms with Gasteiger partial charge in [-0.2, -0.15) is 10.2 Å². The van der Waals surface area contributed by atoms with Crippen LogP contribution >= 0.6 is 0 Å². The van der Waals surface area contributed by atoms with Gasteiger partial charge in [0.25, 0.3) is 5.56 Å². The van der Waals surface area contributed by atoms with Crippen molar-refractivity contribution < 1.29 is 4.79 Å². The number of nitrogens with zero attached hydrogens (tertiary/aromatic N) is 5. The number of carbonyl (C=O) groups is 1. The zero-order valence-electron chi connectivity index (χ0n) is 20.1. The van der Waals surface area contributed by atoms with Crippen molar-refractivity contribution in [3.8, 4) is 11.5 Å². The molecule has 0 bridgehead atoms. The van der Waals surface area contributed by atoms with Crippen molar-refractivity contribution in [2.24, 2.45) is 0 Å². The minimum Gasteiger partial charge on any atom is -0.324 e. The van der Waals surface area contributed by atoms with Crippen LogP contribution in [0, 0.1) is 20.8 Å². The zero-order chi connectivity index (χ0) is 24.7. The van der Waals surface area contributed by atoms with E-state index in [1.807, 2.05) is 91.5 Å². The number of hydrogen-bond acceptors (Lipinski definition) is 4. The van der Waals surface area contributed by atoms with E-state index in [0.29, 0.717) is 22.4 Å². The first-order valence-electron chi connectivity index (χ1n) is 11.4. The van der Waals surface area contributed by atoms with Gasteiger partial charge in [0.1, 0.15) is 16.9 Å². The molecular weight excluding hydrogens is 440 g/mol. The third-order valence-corrected chi connectivity index (χ3v) is 6.13. The van der Waals surface area contributed by atoms with Crippen LogP contribution in [0.1, 0.15) is 29.8 Å². The highest BCUT2D eigenvalue weighted by Crippen LogP contribution is 2.25. The summed E-state index contributed by atoms with van der Waals surface area (Å²) >= 11 is 0. The molecule has 2 aromatic carbocycles. The average Bonchev–Trinajstić information content (AvgIpc) is 3.52. The molecule has 1 atom stereocenters. The van der Waals surface area contributed by atoms with Crippen LogP contribution in [-0.2, 0) is 4.79 Å². The van der Waals surface area contributed by atoms with E-state index in [1.165, 1.54) is 4.68 Å². The second kappa shape index (κ2) is 8.72. The second-order valence-corrected chi connectivity index (χ2v) is 8.70. The van der Waals surface area contributed by atoms with Gasteiger partial charge in [-0.15, -0.1) is 0 Å². The van der Waals surface area contributed by atoms with Gasteiger partial charge in [0.15, 0.2) is 5.82 Å². The van der Waals surface area contributed by atoms with Crippen molar-refractivity contribution in [3.05, 3.63) is 100 Å². The highest BCUT2D eigenvalue weighted by molar-refractivity contribution is 5.94. The maximum absolute atomic E-state index is 13.8. The number of anilines is 1. The Hall–Kier alpha value is -4.46. The first kappa shape index (κ1) is 22.3. The molecule has 35 heavy (non-hydrogen) atoms. The summed E-state index contributed by atoms with van der Waals surface area (Å²) in [4.78, 5) is 27.0. The SMILES string of the molecule is Cc1ccc(C)c(NC(=O)[C@@H](C)n2nc(C)c3nn(-c4ccccc4)c(-n4cccc4)c3c2=O)c1. The number of aromatic nitrogens is 5. The third kappa shape index (κ3) is 3.93. The van der Waals surface area contributed by atoms with E-state index in [9.17, 15) is 9.59 Å². The van der Waals surface area contributed by atoms with Gasteiger partial charge >= 0.3 is 0 Å². The van der Waals surface area contributed by atoms with E-state index >= 15 is 0 Å². The van der Waals surface area contributed by atoms with E-state index < -0.39 is 6.04 Å². The Morgan fingerprint density at radius 3 is 2.37 bits per heavy atom. The predicted molar refractivity (Wildman–Crippen MR) is 136 cm³/mol. The molecule has 5 rings (SSSR count). The molecule has 0 aliphatic rings. The van der Waals surface area contributed by atoms with Gasteiger partial charge in [-0.3, -0.25) is 9.59 Å². The van der Waals surface area contributed by atoms with E-state index in [2.05, 4.69) is 10.4 Å². The molecule has 0 unspecified atom stereocenters. The summed E-state index contributed by atoms with van der Waals surface area (Å²) in [5.74, 6) is 0.285. The van der Waals surface area contributed by atoms with Gasteiger partial charge in [0, 0.05) is 18.1 Å². The Morgan fingerprint density at radius 1 is 0.943 bits per heavy atom. The van der Waals surface area contributed by atoms with Gasteiger partial charge in [0.05, 0.1) is 11.4 Å². The Balaban J connectivity index is 1.66. The molecule has 0 saturated heterocycles. The normalized spacial score (nSPS) is 12.1. The smallest absolute Gasteiger partial charge is 0.280 e. The number of amides is 1. The van der Waals surface area contributed by atoms with Crippen LogP contribution in [0.15, 0.2) is 77.9 Å². The Kier molecular flexibility index (Phi) is 5.56.